The zero-order valence-electron chi connectivity index (χ0n) is 18.1. The minimum Gasteiger partial charge on any atom is -0.454 e. The minimum absolute atomic E-state index is 0.0233. The van der Waals surface area contributed by atoms with Crippen LogP contribution in [0.1, 0.15) is 11.1 Å². The summed E-state index contributed by atoms with van der Waals surface area (Å²) in [6.07, 6.45) is -9.25. The van der Waals surface area contributed by atoms with E-state index in [2.05, 4.69) is 0 Å². The molecule has 192 valence electrons. The fourth-order valence-electron chi connectivity index (χ4n) is 3.69. The molecule has 0 saturated heterocycles. The van der Waals surface area contributed by atoms with Gasteiger partial charge >= 0.3 is 12.4 Å². The Morgan fingerprint density at radius 3 is 1.14 bits per heavy atom. The topological polar surface area (TPSA) is 9.23 Å². The van der Waals surface area contributed by atoms with Crippen LogP contribution >= 0.6 is 46.4 Å². The summed E-state index contributed by atoms with van der Waals surface area (Å²) < 4.78 is 86.5. The Hall–Kier alpha value is -2.58. The molecule has 11 heteroatoms. The van der Waals surface area contributed by atoms with E-state index in [1.807, 2.05) is 0 Å². The van der Waals surface area contributed by atoms with Gasteiger partial charge in [-0.3, -0.25) is 0 Å². The zero-order valence-corrected chi connectivity index (χ0v) is 21.1. The summed E-state index contributed by atoms with van der Waals surface area (Å²) in [5, 5.41) is -0.799. The van der Waals surface area contributed by atoms with Gasteiger partial charge in [-0.1, -0.05) is 82.8 Å². The predicted octanol–water partition coefficient (Wildman–Crippen LogP) is 11.5. The normalized spacial score (nSPS) is 12.1. The van der Waals surface area contributed by atoms with Gasteiger partial charge in [0.2, 0.25) is 0 Å². The summed E-state index contributed by atoms with van der Waals surface area (Å²) in [5.74, 6) is -0.109. The van der Waals surface area contributed by atoms with Crippen molar-refractivity contribution in [1.82, 2.24) is 0 Å². The van der Waals surface area contributed by atoms with Gasteiger partial charge in [-0.25, -0.2) is 0 Å². The van der Waals surface area contributed by atoms with Crippen LogP contribution < -0.4 is 4.74 Å². The van der Waals surface area contributed by atoms with Gasteiger partial charge in [0.15, 0.2) is 0 Å². The number of hydrogen-bond donors (Lipinski definition) is 0. The molecule has 0 atom stereocenters. The molecule has 37 heavy (non-hydrogen) atoms. The third-order valence-corrected chi connectivity index (χ3v) is 7.09. The number of ether oxygens (including phenoxy) is 1. The van der Waals surface area contributed by atoms with Crippen LogP contribution in [0, 0.1) is 0 Å². The summed E-state index contributed by atoms with van der Waals surface area (Å²) >= 11 is 25.3. The Bertz CT molecular complexity index is 1370. The molecule has 0 amide bonds. The first kappa shape index (κ1) is 27.5. The van der Waals surface area contributed by atoms with Crippen molar-refractivity contribution in [2.75, 3.05) is 0 Å². The van der Waals surface area contributed by atoms with Crippen molar-refractivity contribution in [3.05, 3.63) is 104 Å². The van der Waals surface area contributed by atoms with Crippen molar-refractivity contribution in [2.45, 2.75) is 12.4 Å². The van der Waals surface area contributed by atoms with Crippen molar-refractivity contribution >= 4 is 46.4 Å². The Morgan fingerprint density at radius 2 is 0.784 bits per heavy atom. The molecule has 4 aromatic carbocycles. The van der Waals surface area contributed by atoms with Gasteiger partial charge in [-0.15, -0.1) is 0 Å². The van der Waals surface area contributed by atoms with Crippen LogP contribution in [-0.4, -0.2) is 0 Å². The molecule has 0 heterocycles. The smallest absolute Gasteiger partial charge is 0.417 e. The van der Waals surface area contributed by atoms with E-state index < -0.39 is 23.5 Å². The van der Waals surface area contributed by atoms with E-state index in [0.29, 0.717) is 0 Å². The van der Waals surface area contributed by atoms with Crippen molar-refractivity contribution in [3.63, 3.8) is 0 Å². The monoisotopic (exact) mass is 594 g/mol. The van der Waals surface area contributed by atoms with Crippen LogP contribution in [0.5, 0.6) is 11.5 Å². The van der Waals surface area contributed by atoms with Gasteiger partial charge in [0.25, 0.3) is 0 Å². The molecule has 4 rings (SSSR count). The molecule has 0 spiro atoms. The Balaban J connectivity index is 1.72. The second kappa shape index (κ2) is 10.3. The minimum atomic E-state index is -4.63. The molecule has 0 aromatic heterocycles. The standard InChI is InChI=1S/C26H12Cl4F6O/c27-21-15(13-5-1-3-7-17(13)25(31,32)33)9-11-19(23(21)29)37-20-12-10-16(22(28)24(20)30)14-6-2-4-8-18(14)26(34,35)36/h1-12H. The number of benzene rings is 4. The fourth-order valence-corrected chi connectivity index (χ4v) is 4.61. The lowest BCUT2D eigenvalue weighted by Gasteiger charge is -2.18. The second-order valence-electron chi connectivity index (χ2n) is 7.67. The molecule has 0 fully saturated rings. The lowest BCUT2D eigenvalue weighted by molar-refractivity contribution is -0.137. The number of rotatable bonds is 4. The highest BCUT2D eigenvalue weighted by Crippen LogP contribution is 2.48. The molecule has 0 aliphatic heterocycles. The number of alkyl halides is 6. The van der Waals surface area contributed by atoms with Crippen LogP contribution in [0.4, 0.5) is 26.3 Å². The Kier molecular flexibility index (Phi) is 7.64. The predicted molar refractivity (Wildman–Crippen MR) is 134 cm³/mol. The zero-order chi connectivity index (χ0) is 27.1. The summed E-state index contributed by atoms with van der Waals surface area (Å²) in [7, 11) is 0. The Labute approximate surface area is 227 Å². The molecule has 0 radical (unpaired) electrons. The van der Waals surface area contributed by atoms with Gasteiger partial charge < -0.3 is 4.74 Å². The molecule has 0 aliphatic carbocycles. The van der Waals surface area contributed by atoms with Gasteiger partial charge in [0.1, 0.15) is 21.5 Å². The van der Waals surface area contributed by atoms with E-state index in [0.717, 1.165) is 12.1 Å². The second-order valence-corrected chi connectivity index (χ2v) is 9.18. The summed E-state index contributed by atoms with van der Waals surface area (Å²) in [6, 6.07) is 14.9. The van der Waals surface area contributed by atoms with E-state index in [9.17, 15) is 26.3 Å². The van der Waals surface area contributed by atoms with Crippen LogP contribution in [0.15, 0.2) is 72.8 Å². The van der Waals surface area contributed by atoms with E-state index in [1.54, 1.807) is 0 Å². The molecule has 0 N–H and O–H groups in total. The van der Waals surface area contributed by atoms with Crippen LogP contribution in [0.2, 0.25) is 20.1 Å². The lowest BCUT2D eigenvalue weighted by atomic mass is 9.99. The van der Waals surface area contributed by atoms with E-state index in [1.165, 1.54) is 60.7 Å². The lowest BCUT2D eigenvalue weighted by Crippen LogP contribution is -2.07. The third kappa shape index (κ3) is 5.50. The average Bonchev–Trinajstić information content (AvgIpc) is 2.84. The van der Waals surface area contributed by atoms with E-state index >= 15 is 0 Å². The van der Waals surface area contributed by atoms with Crippen molar-refractivity contribution in [3.8, 4) is 33.8 Å². The van der Waals surface area contributed by atoms with Crippen LogP contribution in [0.3, 0.4) is 0 Å². The van der Waals surface area contributed by atoms with Crippen LogP contribution in [-0.2, 0) is 12.4 Å². The third-order valence-electron chi connectivity index (χ3n) is 5.36. The quantitative estimate of drug-likeness (QED) is 0.213. The highest BCUT2D eigenvalue weighted by molar-refractivity contribution is 6.45. The largest absolute Gasteiger partial charge is 0.454 e. The van der Waals surface area contributed by atoms with Crippen molar-refractivity contribution in [1.29, 1.82) is 0 Å². The highest BCUT2D eigenvalue weighted by Gasteiger charge is 2.35. The van der Waals surface area contributed by atoms with Crippen LogP contribution in [0.25, 0.3) is 22.3 Å². The van der Waals surface area contributed by atoms with Crippen molar-refractivity contribution < 1.29 is 31.1 Å². The summed E-state index contributed by atoms with van der Waals surface area (Å²) in [4.78, 5) is 0. The van der Waals surface area contributed by atoms with E-state index in [-0.39, 0.29) is 53.8 Å². The average molecular weight is 596 g/mol. The molecule has 0 unspecified atom stereocenters. The van der Waals surface area contributed by atoms with Gasteiger partial charge in [0.05, 0.1) is 21.2 Å². The molecule has 0 saturated carbocycles. The molecular formula is C26H12Cl4F6O. The van der Waals surface area contributed by atoms with Crippen molar-refractivity contribution in [2.24, 2.45) is 0 Å². The first-order chi connectivity index (χ1) is 17.3. The fraction of sp³-hybridized carbons (Fsp3) is 0.0769. The Morgan fingerprint density at radius 1 is 0.432 bits per heavy atom. The molecular weight excluding hydrogens is 584 g/mol. The van der Waals surface area contributed by atoms with Gasteiger partial charge in [0, 0.05) is 11.1 Å². The van der Waals surface area contributed by atoms with Gasteiger partial charge in [-0.05, 0) is 47.5 Å². The summed E-state index contributed by atoms with van der Waals surface area (Å²) in [5.41, 5.74) is -2.10. The molecule has 1 nitrogen and oxygen atoms in total. The maximum absolute atomic E-state index is 13.5. The van der Waals surface area contributed by atoms with E-state index in [4.69, 9.17) is 51.1 Å². The molecule has 0 bridgehead atoms. The SMILES string of the molecule is FC(F)(F)c1ccccc1-c1ccc(Oc2ccc(-c3ccccc3C(F)(F)F)c(Cl)c2Cl)c(Cl)c1Cl. The number of hydrogen-bond acceptors (Lipinski definition) is 1. The first-order valence-corrected chi connectivity index (χ1v) is 11.8. The molecule has 0 aliphatic rings. The highest BCUT2D eigenvalue weighted by atomic mass is 35.5. The first-order valence-electron chi connectivity index (χ1n) is 10.3. The molecule has 4 aromatic rings. The van der Waals surface area contributed by atoms with Gasteiger partial charge in [-0.2, -0.15) is 26.3 Å². The maximum atomic E-state index is 13.5. The number of halogens is 10. The summed E-state index contributed by atoms with van der Waals surface area (Å²) in [6.45, 7) is 0. The maximum Gasteiger partial charge on any atom is 0.417 e.